The molecule has 0 saturated carbocycles. The van der Waals surface area contributed by atoms with Crippen molar-refractivity contribution in [3.05, 3.63) is 0 Å². The molecule has 116 valence electrons. The Morgan fingerprint density at radius 2 is 1.21 bits per heavy atom. The minimum Gasteiger partial charge on any atom is -0.386 e. The zero-order chi connectivity index (χ0) is 14.9. The molecule has 0 aromatic carbocycles. The largest absolute Gasteiger partial charge is 0.456 e. The van der Waals surface area contributed by atoms with Crippen LogP contribution in [0.4, 0.5) is 22.0 Å². The molecular formula is C13H23F5O. The Hall–Kier alpha value is -0.390. The lowest BCUT2D eigenvalue weighted by Gasteiger charge is -2.24. The summed E-state index contributed by atoms with van der Waals surface area (Å²) in [6.45, 7) is 2.10. The second-order valence-electron chi connectivity index (χ2n) is 4.90. The van der Waals surface area contributed by atoms with Gasteiger partial charge >= 0.3 is 12.1 Å². The molecule has 1 nitrogen and oxygen atoms in total. The first-order valence-corrected chi connectivity index (χ1v) is 6.86. The van der Waals surface area contributed by atoms with Gasteiger partial charge in [-0.15, -0.1) is 0 Å². The molecule has 0 rings (SSSR count). The van der Waals surface area contributed by atoms with Gasteiger partial charge in [0, 0.05) is 0 Å². The molecule has 0 aliphatic heterocycles. The lowest BCUT2D eigenvalue weighted by atomic mass is 10.0. The number of halogens is 5. The van der Waals surface area contributed by atoms with Crippen LogP contribution >= 0.6 is 0 Å². The van der Waals surface area contributed by atoms with Crippen molar-refractivity contribution in [3.8, 4) is 0 Å². The smallest absolute Gasteiger partial charge is 0.386 e. The summed E-state index contributed by atoms with van der Waals surface area (Å²) < 4.78 is 61.1. The maximum atomic E-state index is 12.7. The summed E-state index contributed by atoms with van der Waals surface area (Å²) in [6.07, 6.45) is -1.77. The number of hydrogen-bond donors (Lipinski definition) is 1. The van der Waals surface area contributed by atoms with Crippen molar-refractivity contribution >= 4 is 0 Å². The molecule has 0 aliphatic rings. The van der Waals surface area contributed by atoms with Crippen molar-refractivity contribution in [1.82, 2.24) is 0 Å². The van der Waals surface area contributed by atoms with Crippen LogP contribution in [-0.4, -0.2) is 23.3 Å². The Bertz CT molecular complexity index is 228. The topological polar surface area (TPSA) is 20.2 Å². The summed E-state index contributed by atoms with van der Waals surface area (Å²) >= 11 is 0. The van der Waals surface area contributed by atoms with Crippen molar-refractivity contribution in [2.75, 3.05) is 0 Å². The fourth-order valence-corrected chi connectivity index (χ4v) is 1.84. The van der Waals surface area contributed by atoms with Gasteiger partial charge in [-0.05, 0) is 6.42 Å². The maximum absolute atomic E-state index is 12.7. The normalized spacial score (nSPS) is 14.7. The van der Waals surface area contributed by atoms with E-state index in [0.717, 1.165) is 38.5 Å². The minimum atomic E-state index is -5.67. The Kier molecular flexibility index (Phi) is 8.54. The van der Waals surface area contributed by atoms with Crippen LogP contribution in [0.3, 0.4) is 0 Å². The highest BCUT2D eigenvalue weighted by Crippen LogP contribution is 2.39. The van der Waals surface area contributed by atoms with E-state index in [0.29, 0.717) is 6.42 Å². The van der Waals surface area contributed by atoms with Crippen molar-refractivity contribution in [2.45, 2.75) is 82.9 Å². The molecule has 6 heteroatoms. The third-order valence-corrected chi connectivity index (χ3v) is 3.13. The highest BCUT2D eigenvalue weighted by Gasteiger charge is 2.61. The molecule has 0 radical (unpaired) electrons. The van der Waals surface area contributed by atoms with E-state index in [2.05, 4.69) is 6.92 Å². The van der Waals surface area contributed by atoms with Gasteiger partial charge in [-0.3, -0.25) is 0 Å². The molecule has 0 spiro atoms. The van der Waals surface area contributed by atoms with E-state index in [1.54, 1.807) is 0 Å². The fourth-order valence-electron chi connectivity index (χ4n) is 1.84. The number of rotatable bonds is 10. The molecule has 19 heavy (non-hydrogen) atoms. The average Bonchev–Trinajstić information content (AvgIpc) is 2.30. The first kappa shape index (κ1) is 18.6. The molecule has 0 heterocycles. The molecule has 0 fully saturated rings. The lowest BCUT2D eigenvalue weighted by molar-refractivity contribution is -0.313. The van der Waals surface area contributed by atoms with Crippen LogP contribution < -0.4 is 0 Å². The molecule has 1 unspecified atom stereocenters. The van der Waals surface area contributed by atoms with Crippen LogP contribution in [-0.2, 0) is 0 Å². The summed E-state index contributed by atoms with van der Waals surface area (Å²) in [7, 11) is 0. The van der Waals surface area contributed by atoms with E-state index in [1.165, 1.54) is 0 Å². The van der Waals surface area contributed by atoms with E-state index in [9.17, 15) is 22.0 Å². The first-order chi connectivity index (χ1) is 8.73. The van der Waals surface area contributed by atoms with E-state index in [-0.39, 0.29) is 6.42 Å². The molecule has 0 aliphatic carbocycles. The van der Waals surface area contributed by atoms with Gasteiger partial charge in [-0.25, -0.2) is 0 Å². The second kappa shape index (κ2) is 8.72. The molecular weight excluding hydrogens is 267 g/mol. The average molecular weight is 290 g/mol. The van der Waals surface area contributed by atoms with Gasteiger partial charge in [0.2, 0.25) is 0 Å². The van der Waals surface area contributed by atoms with E-state index < -0.39 is 24.6 Å². The molecule has 0 bridgehead atoms. The number of aliphatic hydroxyl groups is 1. The Balaban J connectivity index is 3.67. The van der Waals surface area contributed by atoms with Gasteiger partial charge in [0.15, 0.2) is 0 Å². The molecule has 1 atom stereocenters. The van der Waals surface area contributed by atoms with Crippen LogP contribution in [0, 0.1) is 0 Å². The maximum Gasteiger partial charge on any atom is 0.456 e. The summed E-state index contributed by atoms with van der Waals surface area (Å²) in [6, 6.07) is 0. The van der Waals surface area contributed by atoms with Gasteiger partial charge < -0.3 is 5.11 Å². The van der Waals surface area contributed by atoms with Gasteiger partial charge in [0.25, 0.3) is 0 Å². The highest BCUT2D eigenvalue weighted by atomic mass is 19.4. The van der Waals surface area contributed by atoms with Crippen LogP contribution in [0.1, 0.15) is 64.7 Å². The monoisotopic (exact) mass is 290 g/mol. The third-order valence-electron chi connectivity index (χ3n) is 3.13. The van der Waals surface area contributed by atoms with Gasteiger partial charge in [0.05, 0.1) is 0 Å². The Morgan fingerprint density at radius 3 is 1.63 bits per heavy atom. The summed E-state index contributed by atoms with van der Waals surface area (Å²) in [5.41, 5.74) is 0. The minimum absolute atomic E-state index is 0.195. The van der Waals surface area contributed by atoms with Crippen molar-refractivity contribution < 1.29 is 27.1 Å². The van der Waals surface area contributed by atoms with Gasteiger partial charge in [-0.1, -0.05) is 58.3 Å². The summed E-state index contributed by atoms with van der Waals surface area (Å²) in [5.74, 6) is -5.01. The number of alkyl halides is 5. The Morgan fingerprint density at radius 1 is 0.789 bits per heavy atom. The standard InChI is InChI=1S/C13H23F5O/c1-2-3-4-5-6-7-8-9-10-11(19)12(14,15)13(16,17)18/h11,19H,2-10H2,1H3. The number of aliphatic hydroxyl groups excluding tert-OH is 1. The summed E-state index contributed by atoms with van der Waals surface area (Å²) in [5, 5.41) is 8.92. The van der Waals surface area contributed by atoms with Crippen molar-refractivity contribution in [2.24, 2.45) is 0 Å². The molecule has 0 amide bonds. The van der Waals surface area contributed by atoms with E-state index >= 15 is 0 Å². The van der Waals surface area contributed by atoms with Crippen molar-refractivity contribution in [3.63, 3.8) is 0 Å². The molecule has 0 saturated heterocycles. The van der Waals surface area contributed by atoms with Gasteiger partial charge in [-0.2, -0.15) is 22.0 Å². The predicted molar refractivity (Wildman–Crippen MR) is 64.2 cm³/mol. The zero-order valence-corrected chi connectivity index (χ0v) is 11.3. The lowest BCUT2D eigenvalue weighted by Crippen LogP contribution is -2.46. The zero-order valence-electron chi connectivity index (χ0n) is 11.3. The SMILES string of the molecule is CCCCCCCCCCC(O)C(F)(F)C(F)(F)F. The van der Waals surface area contributed by atoms with Crippen LogP contribution in [0.2, 0.25) is 0 Å². The van der Waals surface area contributed by atoms with Crippen LogP contribution in [0.25, 0.3) is 0 Å². The predicted octanol–water partition coefficient (Wildman–Crippen LogP) is 5.08. The molecule has 0 aromatic heterocycles. The van der Waals surface area contributed by atoms with Crippen LogP contribution in [0.15, 0.2) is 0 Å². The van der Waals surface area contributed by atoms with Gasteiger partial charge in [0.1, 0.15) is 6.10 Å². The van der Waals surface area contributed by atoms with Crippen LogP contribution in [0.5, 0.6) is 0 Å². The third kappa shape index (κ3) is 7.09. The van der Waals surface area contributed by atoms with E-state index in [1.807, 2.05) is 0 Å². The second-order valence-corrected chi connectivity index (χ2v) is 4.90. The van der Waals surface area contributed by atoms with E-state index in [4.69, 9.17) is 5.11 Å². The Labute approximate surface area is 111 Å². The fraction of sp³-hybridized carbons (Fsp3) is 1.00. The molecule has 1 N–H and O–H groups in total. The number of hydrogen-bond acceptors (Lipinski definition) is 1. The number of unbranched alkanes of at least 4 members (excludes halogenated alkanes) is 7. The first-order valence-electron chi connectivity index (χ1n) is 6.86. The molecule has 0 aromatic rings. The van der Waals surface area contributed by atoms with Crippen molar-refractivity contribution in [1.29, 1.82) is 0 Å². The highest BCUT2D eigenvalue weighted by molar-refractivity contribution is 4.83. The quantitative estimate of drug-likeness (QED) is 0.439. The summed E-state index contributed by atoms with van der Waals surface area (Å²) in [4.78, 5) is 0.